The SMILES string of the molecule is COc1cc(F)c(C(C)Nc2nc3ccccc3[nH]2)cc1OC. The highest BCUT2D eigenvalue weighted by Gasteiger charge is 2.17. The van der Waals surface area contributed by atoms with E-state index in [2.05, 4.69) is 15.3 Å². The van der Waals surface area contributed by atoms with Crippen LogP contribution >= 0.6 is 0 Å². The fraction of sp³-hybridized carbons (Fsp3) is 0.235. The maximum Gasteiger partial charge on any atom is 0.201 e. The number of nitrogens with one attached hydrogen (secondary N) is 2. The molecule has 2 aromatic carbocycles. The second-order valence-corrected chi connectivity index (χ2v) is 5.20. The first-order valence-corrected chi connectivity index (χ1v) is 7.25. The van der Waals surface area contributed by atoms with Crippen LogP contribution in [0.1, 0.15) is 18.5 Å². The number of hydrogen-bond donors (Lipinski definition) is 2. The first kappa shape index (κ1) is 15.1. The molecule has 3 aromatic rings. The summed E-state index contributed by atoms with van der Waals surface area (Å²) in [5, 5.41) is 3.17. The zero-order valence-electron chi connectivity index (χ0n) is 13.2. The van der Waals surface area contributed by atoms with Crippen LogP contribution in [0.4, 0.5) is 10.3 Å². The molecule has 0 radical (unpaired) electrons. The van der Waals surface area contributed by atoms with Gasteiger partial charge in [-0.3, -0.25) is 0 Å². The van der Waals surface area contributed by atoms with Crippen molar-refractivity contribution in [3.05, 3.63) is 47.8 Å². The Labute approximate surface area is 133 Å². The third-order valence-corrected chi connectivity index (χ3v) is 3.71. The summed E-state index contributed by atoms with van der Waals surface area (Å²) in [6.07, 6.45) is 0. The number of hydrogen-bond acceptors (Lipinski definition) is 4. The second kappa shape index (κ2) is 6.16. The molecule has 1 aromatic heterocycles. The molecular weight excluding hydrogens is 297 g/mol. The molecule has 0 saturated carbocycles. The minimum atomic E-state index is -0.362. The number of anilines is 1. The second-order valence-electron chi connectivity index (χ2n) is 5.20. The minimum Gasteiger partial charge on any atom is -0.493 e. The Morgan fingerprint density at radius 3 is 2.52 bits per heavy atom. The number of imidazole rings is 1. The molecule has 0 aliphatic rings. The lowest BCUT2D eigenvalue weighted by atomic mass is 10.1. The van der Waals surface area contributed by atoms with Gasteiger partial charge < -0.3 is 19.8 Å². The maximum atomic E-state index is 14.3. The van der Waals surface area contributed by atoms with Crippen molar-refractivity contribution in [3.8, 4) is 11.5 Å². The molecule has 1 heterocycles. The summed E-state index contributed by atoms with van der Waals surface area (Å²) in [5.41, 5.74) is 2.26. The van der Waals surface area contributed by atoms with Crippen molar-refractivity contribution in [1.82, 2.24) is 9.97 Å². The molecule has 1 atom stereocenters. The highest BCUT2D eigenvalue weighted by molar-refractivity contribution is 5.77. The minimum absolute atomic E-state index is 0.296. The monoisotopic (exact) mass is 315 g/mol. The van der Waals surface area contributed by atoms with Crippen LogP contribution in [0, 0.1) is 5.82 Å². The average molecular weight is 315 g/mol. The van der Waals surface area contributed by atoms with Crippen LogP contribution in [0.15, 0.2) is 36.4 Å². The van der Waals surface area contributed by atoms with Gasteiger partial charge in [0.15, 0.2) is 11.5 Å². The van der Waals surface area contributed by atoms with Gasteiger partial charge in [-0.05, 0) is 25.1 Å². The number of ether oxygens (including phenoxy) is 2. The van der Waals surface area contributed by atoms with Crippen molar-refractivity contribution in [2.75, 3.05) is 19.5 Å². The van der Waals surface area contributed by atoms with Crippen LogP contribution in [-0.4, -0.2) is 24.2 Å². The van der Waals surface area contributed by atoms with Crippen LogP contribution in [0.25, 0.3) is 11.0 Å². The summed E-state index contributed by atoms with van der Waals surface area (Å²) < 4.78 is 24.6. The van der Waals surface area contributed by atoms with Gasteiger partial charge in [0.2, 0.25) is 5.95 Å². The summed E-state index contributed by atoms with van der Waals surface area (Å²) >= 11 is 0. The molecule has 0 saturated heterocycles. The van der Waals surface area contributed by atoms with Gasteiger partial charge in [0.1, 0.15) is 5.82 Å². The molecule has 0 aliphatic heterocycles. The van der Waals surface area contributed by atoms with E-state index in [4.69, 9.17) is 9.47 Å². The third kappa shape index (κ3) is 2.92. The van der Waals surface area contributed by atoms with Crippen molar-refractivity contribution in [3.63, 3.8) is 0 Å². The van der Waals surface area contributed by atoms with Gasteiger partial charge in [-0.15, -0.1) is 0 Å². The standard InChI is InChI=1S/C17H18FN3O2/c1-10(11-8-15(22-2)16(23-3)9-12(11)18)19-17-20-13-6-4-5-7-14(13)21-17/h4-10H,1-3H3,(H2,19,20,21). The zero-order valence-corrected chi connectivity index (χ0v) is 13.2. The number of rotatable bonds is 5. The topological polar surface area (TPSA) is 59.2 Å². The van der Waals surface area contributed by atoms with E-state index in [1.54, 1.807) is 6.07 Å². The highest BCUT2D eigenvalue weighted by Crippen LogP contribution is 2.33. The molecule has 0 aliphatic carbocycles. The van der Waals surface area contributed by atoms with E-state index in [0.29, 0.717) is 23.0 Å². The van der Waals surface area contributed by atoms with E-state index in [-0.39, 0.29) is 11.9 Å². The first-order chi connectivity index (χ1) is 11.1. The molecule has 0 amide bonds. The van der Waals surface area contributed by atoms with Crippen LogP contribution in [-0.2, 0) is 0 Å². The zero-order chi connectivity index (χ0) is 16.4. The molecule has 0 bridgehead atoms. The van der Waals surface area contributed by atoms with Crippen molar-refractivity contribution in [1.29, 1.82) is 0 Å². The molecular formula is C17H18FN3O2. The lowest BCUT2D eigenvalue weighted by molar-refractivity contribution is 0.351. The van der Waals surface area contributed by atoms with Crippen molar-refractivity contribution >= 4 is 17.0 Å². The Morgan fingerprint density at radius 1 is 1.13 bits per heavy atom. The Bertz CT molecular complexity index is 799. The molecule has 6 heteroatoms. The fourth-order valence-corrected chi connectivity index (χ4v) is 2.51. The quantitative estimate of drug-likeness (QED) is 0.750. The van der Waals surface area contributed by atoms with Crippen LogP contribution in [0.2, 0.25) is 0 Å². The van der Waals surface area contributed by atoms with Crippen LogP contribution < -0.4 is 14.8 Å². The molecule has 0 fully saturated rings. The number of H-pyrrole nitrogens is 1. The molecule has 1 unspecified atom stereocenters. The van der Waals surface area contributed by atoms with Crippen molar-refractivity contribution < 1.29 is 13.9 Å². The van der Waals surface area contributed by atoms with Crippen LogP contribution in [0.5, 0.6) is 11.5 Å². The number of para-hydroxylation sites is 2. The summed E-state index contributed by atoms with van der Waals surface area (Å²) in [4.78, 5) is 7.61. The molecule has 2 N–H and O–H groups in total. The van der Waals surface area contributed by atoms with Gasteiger partial charge >= 0.3 is 0 Å². The van der Waals surface area contributed by atoms with Gasteiger partial charge in [-0.25, -0.2) is 9.37 Å². The Hall–Kier alpha value is -2.76. The van der Waals surface area contributed by atoms with Gasteiger partial charge in [-0.1, -0.05) is 12.1 Å². The van der Waals surface area contributed by atoms with Gasteiger partial charge in [0.05, 0.1) is 31.3 Å². The number of methoxy groups -OCH3 is 2. The number of nitrogens with zero attached hydrogens (tertiary/aromatic N) is 1. The maximum absolute atomic E-state index is 14.3. The van der Waals surface area contributed by atoms with Crippen LogP contribution in [0.3, 0.4) is 0 Å². The summed E-state index contributed by atoms with van der Waals surface area (Å²) in [6, 6.07) is 10.4. The van der Waals surface area contributed by atoms with E-state index in [9.17, 15) is 4.39 Å². The molecule has 0 spiro atoms. The van der Waals surface area contributed by atoms with E-state index in [0.717, 1.165) is 11.0 Å². The van der Waals surface area contributed by atoms with E-state index < -0.39 is 0 Å². The number of aromatic nitrogens is 2. The third-order valence-electron chi connectivity index (χ3n) is 3.71. The van der Waals surface area contributed by atoms with Gasteiger partial charge in [0.25, 0.3) is 0 Å². The molecule has 120 valence electrons. The van der Waals surface area contributed by atoms with E-state index in [1.165, 1.54) is 20.3 Å². The number of halogens is 1. The average Bonchev–Trinajstić information content (AvgIpc) is 2.96. The Kier molecular flexibility index (Phi) is 4.06. The lowest BCUT2D eigenvalue weighted by Crippen LogP contribution is -2.10. The lowest BCUT2D eigenvalue weighted by Gasteiger charge is -2.17. The molecule has 23 heavy (non-hydrogen) atoms. The number of fused-ring (bicyclic) bond motifs is 1. The molecule has 3 rings (SSSR count). The van der Waals surface area contributed by atoms with Crippen molar-refractivity contribution in [2.45, 2.75) is 13.0 Å². The van der Waals surface area contributed by atoms with E-state index in [1.807, 2.05) is 31.2 Å². The molecule has 5 nitrogen and oxygen atoms in total. The summed E-state index contributed by atoms with van der Waals surface area (Å²) in [7, 11) is 3.00. The Morgan fingerprint density at radius 2 is 1.83 bits per heavy atom. The summed E-state index contributed by atoms with van der Waals surface area (Å²) in [6.45, 7) is 1.86. The van der Waals surface area contributed by atoms with Gasteiger partial charge in [-0.2, -0.15) is 0 Å². The largest absolute Gasteiger partial charge is 0.493 e. The number of benzene rings is 2. The first-order valence-electron chi connectivity index (χ1n) is 7.25. The summed E-state index contributed by atoms with van der Waals surface area (Å²) in [5.74, 6) is 1.08. The van der Waals surface area contributed by atoms with Crippen molar-refractivity contribution in [2.24, 2.45) is 0 Å². The normalized spacial score (nSPS) is 12.2. The predicted molar refractivity (Wildman–Crippen MR) is 87.6 cm³/mol. The van der Waals surface area contributed by atoms with E-state index >= 15 is 0 Å². The Balaban J connectivity index is 1.89. The smallest absolute Gasteiger partial charge is 0.201 e. The fourth-order valence-electron chi connectivity index (χ4n) is 2.51. The highest BCUT2D eigenvalue weighted by atomic mass is 19.1. The van der Waals surface area contributed by atoms with Gasteiger partial charge in [0, 0.05) is 11.6 Å². The number of aromatic amines is 1. The predicted octanol–water partition coefficient (Wildman–Crippen LogP) is 3.89.